The summed E-state index contributed by atoms with van der Waals surface area (Å²) < 4.78 is 0. The molecule has 0 spiro atoms. The molecule has 0 saturated heterocycles. The summed E-state index contributed by atoms with van der Waals surface area (Å²) in [6.07, 6.45) is 2.40. The third-order valence-electron chi connectivity index (χ3n) is 4.43. The first-order valence-corrected chi connectivity index (χ1v) is 8.76. The Balaban J connectivity index is 1.89. The molecule has 0 bridgehead atoms. The highest BCUT2D eigenvalue weighted by molar-refractivity contribution is 7.16. The summed E-state index contributed by atoms with van der Waals surface area (Å²) in [7, 11) is 0. The molecule has 1 atom stereocenters. The molecule has 1 aromatic heterocycles. The van der Waals surface area contributed by atoms with Gasteiger partial charge in [-0.3, -0.25) is 5.41 Å². The maximum atomic E-state index is 11.3. The van der Waals surface area contributed by atoms with Crippen molar-refractivity contribution in [2.45, 2.75) is 38.5 Å². The Morgan fingerprint density at radius 2 is 2.25 bits per heavy atom. The summed E-state index contributed by atoms with van der Waals surface area (Å²) in [5.74, 6) is -0.0981. The van der Waals surface area contributed by atoms with Crippen molar-refractivity contribution >= 4 is 28.5 Å². The van der Waals surface area contributed by atoms with E-state index in [2.05, 4.69) is 36.2 Å². The lowest BCUT2D eigenvalue weighted by Gasteiger charge is -2.23. The van der Waals surface area contributed by atoms with Crippen LogP contribution in [0.2, 0.25) is 0 Å². The number of aromatic nitrogens is 1. The van der Waals surface area contributed by atoms with Gasteiger partial charge in [0.25, 0.3) is 0 Å². The van der Waals surface area contributed by atoms with E-state index in [0.29, 0.717) is 5.92 Å². The van der Waals surface area contributed by atoms with Crippen molar-refractivity contribution in [2.75, 3.05) is 4.90 Å². The number of carboxylic acid groups (broad SMARTS) is 1. The van der Waals surface area contributed by atoms with E-state index in [0.717, 1.165) is 41.2 Å². The van der Waals surface area contributed by atoms with Gasteiger partial charge in [-0.05, 0) is 42.7 Å². The van der Waals surface area contributed by atoms with Crippen molar-refractivity contribution in [1.82, 2.24) is 4.98 Å². The second-order valence-corrected chi connectivity index (χ2v) is 6.92. The van der Waals surface area contributed by atoms with Gasteiger partial charge in [0.15, 0.2) is 0 Å². The Bertz CT molecular complexity index is 773. The fraction of sp³-hybridized carbons (Fsp3) is 0.353. The van der Waals surface area contributed by atoms with Crippen LogP contribution in [0.25, 0.3) is 0 Å². The lowest BCUT2D eigenvalue weighted by molar-refractivity contribution is 0.205. The van der Waals surface area contributed by atoms with E-state index >= 15 is 0 Å². The van der Waals surface area contributed by atoms with Gasteiger partial charge in [0.1, 0.15) is 0 Å². The summed E-state index contributed by atoms with van der Waals surface area (Å²) in [6, 6.07) is 8.50. The predicted molar refractivity (Wildman–Crippen MR) is 95.1 cm³/mol. The quantitative estimate of drug-likeness (QED) is 0.586. The van der Waals surface area contributed by atoms with E-state index < -0.39 is 12.1 Å². The molecule has 1 heterocycles. The molecule has 1 aliphatic rings. The Kier molecular flexibility index (Phi) is 4.53. The van der Waals surface area contributed by atoms with Crippen LogP contribution < -0.4 is 10.6 Å². The first kappa shape index (κ1) is 16.4. The Morgan fingerprint density at radius 1 is 1.50 bits per heavy atom. The van der Waals surface area contributed by atoms with Crippen molar-refractivity contribution < 1.29 is 9.90 Å². The van der Waals surface area contributed by atoms with Crippen LogP contribution in [-0.2, 0) is 19.3 Å². The summed E-state index contributed by atoms with van der Waals surface area (Å²) in [5.41, 5.74) is 9.06. The fourth-order valence-corrected chi connectivity index (χ4v) is 4.46. The monoisotopic (exact) mass is 344 g/mol. The van der Waals surface area contributed by atoms with Gasteiger partial charge in [0.05, 0.1) is 5.69 Å². The molecule has 3 rings (SSSR count). The van der Waals surface area contributed by atoms with Crippen molar-refractivity contribution in [3.8, 4) is 0 Å². The molecule has 24 heavy (non-hydrogen) atoms. The molecule has 7 heteroatoms. The molecule has 1 aliphatic carbocycles. The van der Waals surface area contributed by atoms with Crippen LogP contribution in [0.5, 0.6) is 0 Å². The minimum Gasteiger partial charge on any atom is -0.464 e. The minimum absolute atomic E-state index is 0.268. The number of nitrogens with zero attached hydrogens (tertiary/aromatic N) is 2. The minimum atomic E-state index is -1.28. The number of anilines is 1. The lowest BCUT2D eigenvalue weighted by Crippen LogP contribution is -2.40. The lowest BCUT2D eigenvalue weighted by atomic mass is 9.83. The first-order chi connectivity index (χ1) is 11.5. The average Bonchev–Trinajstić information content (AvgIpc) is 2.96. The van der Waals surface area contributed by atoms with Gasteiger partial charge < -0.3 is 10.8 Å². The zero-order valence-electron chi connectivity index (χ0n) is 13.5. The van der Waals surface area contributed by atoms with Gasteiger partial charge in [-0.2, -0.15) is 4.90 Å². The zero-order valence-corrected chi connectivity index (χ0v) is 14.3. The summed E-state index contributed by atoms with van der Waals surface area (Å²) in [4.78, 5) is 17.5. The number of hydrogen-bond acceptors (Lipinski definition) is 4. The highest BCUT2D eigenvalue weighted by Gasteiger charge is 2.28. The Morgan fingerprint density at radius 3 is 2.92 bits per heavy atom. The maximum Gasteiger partial charge on any atom is 0.420 e. The topological polar surface area (TPSA) is 103 Å². The number of carbonyl (C=O) groups is 1. The molecule has 0 radical (unpaired) electrons. The molecule has 4 N–H and O–H groups in total. The number of fused-ring (bicyclic) bond motifs is 1. The molecule has 0 aliphatic heterocycles. The number of nitrogens with two attached hydrogens (primary N) is 1. The van der Waals surface area contributed by atoms with Crippen LogP contribution in [0.4, 0.5) is 9.93 Å². The standard InChI is InChI=1S/C17H20N4O2S/c1-2-10-5-3-4-6-12(10)11-7-8-13-14(9-11)24-16(20-13)21(15(18)19)17(22)23/h3-6,11H,2,7-9H2,1H3,(H3,18,19)(H,22,23). The number of nitrogens with one attached hydrogen (secondary N) is 1. The summed E-state index contributed by atoms with van der Waals surface area (Å²) in [5, 5.41) is 16.9. The smallest absolute Gasteiger partial charge is 0.420 e. The van der Waals surface area contributed by atoms with Crippen LogP contribution in [0.3, 0.4) is 0 Å². The van der Waals surface area contributed by atoms with Crippen molar-refractivity contribution in [1.29, 1.82) is 5.41 Å². The predicted octanol–water partition coefficient (Wildman–Crippen LogP) is 3.36. The Hall–Kier alpha value is -2.41. The molecule has 1 aromatic carbocycles. The number of guanidine groups is 1. The molecule has 0 fully saturated rings. The van der Waals surface area contributed by atoms with Gasteiger partial charge in [-0.1, -0.05) is 31.2 Å². The van der Waals surface area contributed by atoms with Gasteiger partial charge in [-0.15, -0.1) is 11.3 Å². The number of amides is 1. The van der Waals surface area contributed by atoms with E-state index in [-0.39, 0.29) is 5.13 Å². The highest BCUT2D eigenvalue weighted by atomic mass is 32.1. The number of thiazole rings is 1. The zero-order chi connectivity index (χ0) is 17.3. The number of rotatable bonds is 3. The van der Waals surface area contributed by atoms with Crippen LogP contribution >= 0.6 is 11.3 Å². The van der Waals surface area contributed by atoms with Crippen molar-refractivity contribution in [3.05, 3.63) is 46.0 Å². The summed E-state index contributed by atoms with van der Waals surface area (Å²) >= 11 is 1.33. The molecule has 6 nitrogen and oxygen atoms in total. The average molecular weight is 344 g/mol. The van der Waals surface area contributed by atoms with Gasteiger partial charge in [0.2, 0.25) is 11.1 Å². The fourth-order valence-electron chi connectivity index (χ4n) is 3.26. The molecule has 126 valence electrons. The SMILES string of the molecule is CCc1ccccc1C1CCc2nc(N(C(=N)N)C(=O)O)sc2C1. The van der Waals surface area contributed by atoms with Crippen molar-refractivity contribution in [3.63, 3.8) is 0 Å². The second-order valence-electron chi connectivity index (χ2n) is 5.86. The normalized spacial score (nSPS) is 16.5. The first-order valence-electron chi connectivity index (χ1n) is 7.94. The van der Waals surface area contributed by atoms with Crippen LogP contribution in [-0.4, -0.2) is 22.1 Å². The van der Waals surface area contributed by atoms with Gasteiger partial charge in [-0.25, -0.2) is 9.78 Å². The number of benzene rings is 1. The third kappa shape index (κ3) is 2.99. The van der Waals surface area contributed by atoms with E-state index in [9.17, 15) is 9.90 Å². The molecule has 0 saturated carbocycles. The summed E-state index contributed by atoms with van der Waals surface area (Å²) in [6.45, 7) is 2.16. The Labute approximate surface area is 144 Å². The maximum absolute atomic E-state index is 11.3. The van der Waals surface area contributed by atoms with E-state index in [1.807, 2.05) is 0 Å². The van der Waals surface area contributed by atoms with E-state index in [1.54, 1.807) is 0 Å². The molecule has 1 unspecified atom stereocenters. The van der Waals surface area contributed by atoms with E-state index in [1.165, 1.54) is 22.5 Å². The highest BCUT2D eigenvalue weighted by Crippen LogP contribution is 2.39. The molecular formula is C17H20N4O2S. The second kappa shape index (κ2) is 6.60. The van der Waals surface area contributed by atoms with Crippen LogP contribution in [0.1, 0.15) is 41.0 Å². The third-order valence-corrected chi connectivity index (χ3v) is 5.53. The van der Waals surface area contributed by atoms with Gasteiger partial charge in [0, 0.05) is 4.88 Å². The van der Waals surface area contributed by atoms with Crippen LogP contribution in [0, 0.1) is 5.41 Å². The van der Waals surface area contributed by atoms with Gasteiger partial charge >= 0.3 is 6.09 Å². The van der Waals surface area contributed by atoms with E-state index in [4.69, 9.17) is 11.1 Å². The number of aryl methyl sites for hydroxylation is 2. The molecular weight excluding hydrogens is 324 g/mol. The van der Waals surface area contributed by atoms with Crippen LogP contribution in [0.15, 0.2) is 24.3 Å². The molecule has 1 amide bonds. The largest absolute Gasteiger partial charge is 0.464 e. The molecule has 2 aromatic rings. The number of hydrogen-bond donors (Lipinski definition) is 3. The van der Waals surface area contributed by atoms with Crippen molar-refractivity contribution in [2.24, 2.45) is 5.73 Å².